The third-order valence-corrected chi connectivity index (χ3v) is 6.53. The van der Waals surface area contributed by atoms with Gasteiger partial charge in [0.05, 0.1) is 30.5 Å². The van der Waals surface area contributed by atoms with Gasteiger partial charge in [-0.1, -0.05) is 6.92 Å². The van der Waals surface area contributed by atoms with E-state index in [0.29, 0.717) is 48.3 Å². The maximum absolute atomic E-state index is 15.2. The summed E-state index contributed by atoms with van der Waals surface area (Å²) in [5.74, 6) is -1.33. The lowest BCUT2D eigenvalue weighted by Crippen LogP contribution is -2.34. The highest BCUT2D eigenvalue weighted by Gasteiger charge is 2.53. The van der Waals surface area contributed by atoms with E-state index in [-0.39, 0.29) is 23.5 Å². The molecule has 3 aliphatic rings. The van der Waals surface area contributed by atoms with Gasteiger partial charge >= 0.3 is 5.97 Å². The van der Waals surface area contributed by atoms with Gasteiger partial charge in [-0.3, -0.25) is 4.79 Å². The van der Waals surface area contributed by atoms with Crippen LogP contribution >= 0.6 is 0 Å². The van der Waals surface area contributed by atoms with Crippen LogP contribution in [0.4, 0.5) is 10.1 Å². The number of hydrogen-bond acceptors (Lipinski definition) is 4. The highest BCUT2D eigenvalue weighted by molar-refractivity contribution is 5.91. The monoisotopic (exact) mass is 386 g/mol. The number of carboxylic acid groups (broad SMARTS) is 1. The van der Waals surface area contributed by atoms with Crippen LogP contribution in [-0.2, 0) is 28.1 Å². The number of halogens is 1. The first-order valence-corrected chi connectivity index (χ1v) is 9.96. The Kier molecular flexibility index (Phi) is 3.81. The number of rotatable bonds is 3. The summed E-state index contributed by atoms with van der Waals surface area (Å²) in [6.45, 7) is 3.34. The molecule has 6 nitrogen and oxygen atoms in total. The average molecular weight is 386 g/mol. The number of carbonyl (C=O) groups is 1. The Balaban J connectivity index is 1.92. The lowest BCUT2D eigenvalue weighted by atomic mass is 10.0. The minimum absolute atomic E-state index is 0.122. The van der Waals surface area contributed by atoms with Gasteiger partial charge in [-0.05, 0) is 38.2 Å². The van der Waals surface area contributed by atoms with Crippen LogP contribution < -0.4 is 10.3 Å². The van der Waals surface area contributed by atoms with Crippen LogP contribution in [0, 0.1) is 5.82 Å². The summed E-state index contributed by atoms with van der Waals surface area (Å²) in [6, 6.07) is 2.88. The van der Waals surface area contributed by atoms with Gasteiger partial charge in [0.15, 0.2) is 5.43 Å². The number of aliphatic carboxylic acids is 1. The average Bonchev–Trinajstić information content (AvgIpc) is 3.39. The third-order valence-electron chi connectivity index (χ3n) is 6.53. The number of ether oxygens (including phenoxy) is 1. The maximum Gasteiger partial charge on any atom is 0.329 e. The van der Waals surface area contributed by atoms with E-state index in [1.165, 1.54) is 12.1 Å². The molecule has 7 heteroatoms. The molecule has 2 fully saturated rings. The van der Waals surface area contributed by atoms with Crippen LogP contribution in [-0.4, -0.2) is 34.8 Å². The van der Waals surface area contributed by atoms with Gasteiger partial charge in [-0.15, -0.1) is 0 Å². The molecule has 1 aliphatic carbocycles. The quantitative estimate of drug-likeness (QED) is 0.878. The second-order valence-electron chi connectivity index (χ2n) is 8.11. The molecular weight excluding hydrogens is 363 g/mol. The minimum atomic E-state index is -1.06. The van der Waals surface area contributed by atoms with Crippen molar-refractivity contribution in [3.05, 3.63) is 39.4 Å². The van der Waals surface area contributed by atoms with Gasteiger partial charge in [0.25, 0.3) is 0 Å². The molecular formula is C21H23FN2O4. The van der Waals surface area contributed by atoms with Gasteiger partial charge in [-0.2, -0.15) is 0 Å². The van der Waals surface area contributed by atoms with E-state index >= 15 is 4.39 Å². The van der Waals surface area contributed by atoms with E-state index in [9.17, 15) is 14.7 Å². The van der Waals surface area contributed by atoms with Gasteiger partial charge < -0.3 is 19.3 Å². The molecule has 1 saturated heterocycles. The third kappa shape index (κ3) is 2.28. The molecule has 5 rings (SSSR count). The number of anilines is 1. The molecule has 1 aromatic heterocycles. The minimum Gasteiger partial charge on any atom is -0.479 e. The lowest BCUT2D eigenvalue weighted by Gasteiger charge is -2.28. The van der Waals surface area contributed by atoms with Gasteiger partial charge in [0.2, 0.25) is 0 Å². The number of aryl methyl sites for hydroxylation is 1. The Morgan fingerprint density at radius 1 is 1.39 bits per heavy atom. The second-order valence-corrected chi connectivity index (χ2v) is 8.11. The van der Waals surface area contributed by atoms with E-state index in [4.69, 9.17) is 4.74 Å². The fourth-order valence-electron chi connectivity index (χ4n) is 5.01. The normalized spacial score (nSPS) is 22.6. The Morgan fingerprint density at radius 3 is 2.86 bits per heavy atom. The number of fused-ring (bicyclic) bond motifs is 5. The number of hydrogen-bond donors (Lipinski definition) is 1. The van der Waals surface area contributed by atoms with Crippen molar-refractivity contribution < 1.29 is 19.0 Å². The predicted octanol–water partition coefficient (Wildman–Crippen LogP) is 2.78. The molecule has 148 valence electrons. The summed E-state index contributed by atoms with van der Waals surface area (Å²) in [5.41, 5.74) is 0.976. The molecule has 1 aromatic carbocycles. The molecule has 0 amide bonds. The zero-order valence-corrected chi connectivity index (χ0v) is 15.8. The summed E-state index contributed by atoms with van der Waals surface area (Å²) >= 11 is 0. The van der Waals surface area contributed by atoms with Crippen LogP contribution in [0.25, 0.3) is 10.9 Å². The van der Waals surface area contributed by atoms with Crippen LogP contribution in [0.3, 0.4) is 0 Å². The van der Waals surface area contributed by atoms with Crippen LogP contribution in [0.2, 0.25) is 0 Å². The second kappa shape index (κ2) is 6.04. The van der Waals surface area contributed by atoms with Gasteiger partial charge in [0, 0.05) is 29.3 Å². The number of nitrogens with zero attached hydrogens (tertiary/aromatic N) is 2. The first kappa shape index (κ1) is 17.7. The van der Waals surface area contributed by atoms with Crippen molar-refractivity contribution in [1.29, 1.82) is 0 Å². The first-order chi connectivity index (χ1) is 13.5. The van der Waals surface area contributed by atoms with E-state index in [0.717, 1.165) is 19.4 Å². The molecule has 2 aromatic rings. The smallest absolute Gasteiger partial charge is 0.329 e. The van der Waals surface area contributed by atoms with E-state index in [1.54, 1.807) is 4.57 Å². The zero-order chi connectivity index (χ0) is 19.6. The maximum atomic E-state index is 15.2. The first-order valence-electron chi connectivity index (χ1n) is 9.96. The van der Waals surface area contributed by atoms with Crippen molar-refractivity contribution in [1.82, 2.24) is 4.57 Å². The summed E-state index contributed by atoms with van der Waals surface area (Å²) in [6.07, 6.45) is 3.45. The van der Waals surface area contributed by atoms with Crippen molar-refractivity contribution >= 4 is 22.6 Å². The van der Waals surface area contributed by atoms with Crippen LogP contribution in [0.5, 0.6) is 0 Å². The highest BCUT2D eigenvalue weighted by Crippen LogP contribution is 2.48. The standard InChI is InChI=1S/C21H23FN2O4/c1-2-12-8-17(25)14-9-16(22)19-15(11-28-10-13-4-3-7-23(13)19)18(14)24(12)21(5-6-21)20(26)27/h8-9,13H,2-7,10-11H2,1H3,(H,26,27). The van der Waals surface area contributed by atoms with Gasteiger partial charge in [0.1, 0.15) is 11.4 Å². The Bertz CT molecular complexity index is 1060. The molecule has 3 heterocycles. The predicted molar refractivity (Wildman–Crippen MR) is 102 cm³/mol. The molecule has 0 spiro atoms. The number of carboxylic acids is 1. The van der Waals surface area contributed by atoms with E-state index < -0.39 is 17.3 Å². The molecule has 1 atom stereocenters. The SMILES string of the molecule is CCc1cc(=O)c2cc(F)c3c(c2n1C1(C(=O)O)CC1)COCC1CCCN31. The summed E-state index contributed by atoms with van der Waals surface area (Å²) < 4.78 is 22.9. The zero-order valence-electron chi connectivity index (χ0n) is 15.8. The largest absolute Gasteiger partial charge is 0.479 e. The number of aromatic nitrogens is 1. The summed E-state index contributed by atoms with van der Waals surface area (Å²) in [5, 5.41) is 10.2. The highest BCUT2D eigenvalue weighted by atomic mass is 19.1. The Labute approximate surface area is 161 Å². The molecule has 1 saturated carbocycles. The molecule has 0 radical (unpaired) electrons. The van der Waals surface area contributed by atoms with Crippen molar-refractivity contribution in [2.45, 2.75) is 57.2 Å². The van der Waals surface area contributed by atoms with Crippen molar-refractivity contribution in [2.24, 2.45) is 0 Å². The van der Waals surface area contributed by atoms with Gasteiger partial charge in [-0.25, -0.2) is 9.18 Å². The Hall–Kier alpha value is -2.41. The summed E-state index contributed by atoms with van der Waals surface area (Å²) in [7, 11) is 0. The fraction of sp³-hybridized carbons (Fsp3) is 0.524. The lowest BCUT2D eigenvalue weighted by molar-refractivity contribution is -0.142. The molecule has 1 N–H and O–H groups in total. The van der Waals surface area contributed by atoms with Crippen molar-refractivity contribution in [3.63, 3.8) is 0 Å². The number of benzene rings is 1. The van der Waals surface area contributed by atoms with E-state index in [2.05, 4.69) is 0 Å². The topological polar surface area (TPSA) is 71.8 Å². The molecule has 2 aliphatic heterocycles. The van der Waals surface area contributed by atoms with E-state index in [1.807, 2.05) is 11.8 Å². The number of pyridine rings is 1. The molecule has 28 heavy (non-hydrogen) atoms. The summed E-state index contributed by atoms with van der Waals surface area (Å²) in [4.78, 5) is 27.0. The van der Waals surface area contributed by atoms with Crippen molar-refractivity contribution in [3.8, 4) is 0 Å². The molecule has 0 bridgehead atoms. The van der Waals surface area contributed by atoms with Crippen LogP contribution in [0.1, 0.15) is 43.9 Å². The molecule has 1 unspecified atom stereocenters. The van der Waals surface area contributed by atoms with Crippen molar-refractivity contribution in [2.75, 3.05) is 18.1 Å². The Morgan fingerprint density at radius 2 is 2.18 bits per heavy atom. The van der Waals surface area contributed by atoms with Crippen LogP contribution in [0.15, 0.2) is 16.9 Å². The fourth-order valence-corrected chi connectivity index (χ4v) is 5.01.